The third-order valence-electron chi connectivity index (χ3n) is 4.97. The molecule has 1 aliphatic heterocycles. The van der Waals surface area contributed by atoms with Crippen molar-refractivity contribution in [2.24, 2.45) is 0 Å². The summed E-state index contributed by atoms with van der Waals surface area (Å²) in [7, 11) is 1.28. The van der Waals surface area contributed by atoms with E-state index >= 15 is 0 Å². The van der Waals surface area contributed by atoms with Crippen molar-refractivity contribution >= 4 is 29.3 Å². The summed E-state index contributed by atoms with van der Waals surface area (Å²) in [6.45, 7) is 5.51. The molecule has 0 radical (unpaired) electrons. The molecule has 8 heteroatoms. The van der Waals surface area contributed by atoms with Gasteiger partial charge in [0.05, 0.1) is 30.1 Å². The van der Waals surface area contributed by atoms with E-state index in [4.69, 9.17) is 9.72 Å². The predicted octanol–water partition coefficient (Wildman–Crippen LogP) is 4.86. The summed E-state index contributed by atoms with van der Waals surface area (Å²) in [5, 5.41) is 5.52. The van der Waals surface area contributed by atoms with Crippen LogP contribution in [0.25, 0.3) is 11.3 Å². The molecule has 0 aliphatic carbocycles. The Morgan fingerprint density at radius 3 is 2.66 bits per heavy atom. The van der Waals surface area contributed by atoms with Crippen LogP contribution in [0.4, 0.5) is 16.2 Å². The van der Waals surface area contributed by atoms with Gasteiger partial charge < -0.3 is 14.8 Å². The Bertz CT molecular complexity index is 1010. The van der Waals surface area contributed by atoms with E-state index in [-0.39, 0.29) is 11.9 Å². The topological polar surface area (TPSA) is 107 Å². The molecule has 1 aliphatic rings. The van der Waals surface area contributed by atoms with Crippen LogP contribution in [0.5, 0.6) is 0 Å². The van der Waals surface area contributed by atoms with Crippen LogP contribution in [-0.2, 0) is 19.1 Å². The number of ether oxygens (including phenoxy) is 2. The SMILES string of the molecule is COC(=O)Nc1ccc2c(c1)NC(=O)CCCCC(C(=O)OC(C)(C)C)c1cccc-2n1. The minimum absolute atomic E-state index is 0.146. The van der Waals surface area contributed by atoms with Gasteiger partial charge in [-0.25, -0.2) is 4.79 Å². The summed E-state index contributed by atoms with van der Waals surface area (Å²) in [5.74, 6) is -0.978. The van der Waals surface area contributed by atoms with Crippen LogP contribution in [0.15, 0.2) is 36.4 Å². The van der Waals surface area contributed by atoms with Gasteiger partial charge in [-0.15, -0.1) is 0 Å². The average Bonchev–Trinajstić information content (AvgIpc) is 2.72. The van der Waals surface area contributed by atoms with Gasteiger partial charge in [0.1, 0.15) is 5.60 Å². The minimum atomic E-state index is -0.607. The Balaban J connectivity index is 2.04. The molecule has 1 atom stereocenters. The van der Waals surface area contributed by atoms with Crippen LogP contribution in [0.2, 0.25) is 0 Å². The third kappa shape index (κ3) is 6.06. The van der Waals surface area contributed by atoms with Crippen LogP contribution in [0.1, 0.15) is 58.1 Å². The van der Waals surface area contributed by atoms with E-state index in [0.717, 1.165) is 0 Å². The number of esters is 1. The number of nitrogens with zero attached hydrogens (tertiary/aromatic N) is 1. The van der Waals surface area contributed by atoms with E-state index in [1.807, 2.05) is 39.0 Å². The Labute approximate surface area is 187 Å². The summed E-state index contributed by atoms with van der Waals surface area (Å²) >= 11 is 0. The molecule has 2 N–H and O–H groups in total. The maximum atomic E-state index is 12.9. The lowest BCUT2D eigenvalue weighted by molar-refractivity contribution is -0.157. The van der Waals surface area contributed by atoms with Gasteiger partial charge in [0.25, 0.3) is 0 Å². The number of anilines is 2. The molecule has 0 saturated carbocycles. The summed E-state index contributed by atoms with van der Waals surface area (Å²) < 4.78 is 10.3. The maximum Gasteiger partial charge on any atom is 0.411 e. The highest BCUT2D eigenvalue weighted by molar-refractivity contribution is 5.97. The van der Waals surface area contributed by atoms with Gasteiger partial charge in [-0.2, -0.15) is 0 Å². The Morgan fingerprint density at radius 2 is 1.94 bits per heavy atom. The molecule has 3 rings (SSSR count). The van der Waals surface area contributed by atoms with E-state index < -0.39 is 17.6 Å². The lowest BCUT2D eigenvalue weighted by Crippen LogP contribution is -2.28. The second kappa shape index (κ2) is 9.80. The molecular formula is C24H29N3O5. The fourth-order valence-corrected chi connectivity index (χ4v) is 3.52. The average molecular weight is 440 g/mol. The van der Waals surface area contributed by atoms with E-state index in [1.165, 1.54) is 7.11 Å². The van der Waals surface area contributed by atoms with E-state index in [0.29, 0.717) is 54.0 Å². The number of hydrogen-bond donors (Lipinski definition) is 2. The van der Waals surface area contributed by atoms with Crippen molar-refractivity contribution in [2.75, 3.05) is 17.7 Å². The number of methoxy groups -OCH3 is 1. The van der Waals surface area contributed by atoms with E-state index in [9.17, 15) is 14.4 Å². The maximum absolute atomic E-state index is 12.9. The Morgan fingerprint density at radius 1 is 1.16 bits per heavy atom. The zero-order valence-electron chi connectivity index (χ0n) is 18.9. The fraction of sp³-hybridized carbons (Fsp3) is 0.417. The molecule has 2 aromatic rings. The Hall–Kier alpha value is -3.42. The number of amides is 2. The first-order chi connectivity index (χ1) is 15.2. The molecule has 32 heavy (non-hydrogen) atoms. The molecule has 2 heterocycles. The van der Waals surface area contributed by atoms with Gasteiger partial charge in [0, 0.05) is 17.7 Å². The fourth-order valence-electron chi connectivity index (χ4n) is 3.52. The first-order valence-electron chi connectivity index (χ1n) is 10.7. The molecule has 2 amide bonds. The molecule has 1 aromatic carbocycles. The number of carbonyl (C=O) groups is 3. The van der Waals surface area contributed by atoms with Gasteiger partial charge in [-0.05, 0) is 63.9 Å². The minimum Gasteiger partial charge on any atom is -0.459 e. The second-order valence-electron chi connectivity index (χ2n) is 8.70. The number of aromatic nitrogens is 1. The van der Waals surface area contributed by atoms with Gasteiger partial charge >= 0.3 is 12.1 Å². The molecule has 170 valence electrons. The molecule has 0 spiro atoms. The largest absolute Gasteiger partial charge is 0.459 e. The number of hydrogen-bond acceptors (Lipinski definition) is 6. The zero-order valence-corrected chi connectivity index (χ0v) is 18.9. The molecule has 1 unspecified atom stereocenters. The van der Waals surface area contributed by atoms with E-state index in [2.05, 4.69) is 15.4 Å². The monoisotopic (exact) mass is 439 g/mol. The summed E-state index contributed by atoms with van der Waals surface area (Å²) in [6, 6.07) is 10.6. The molecule has 0 saturated heterocycles. The first kappa shape index (κ1) is 23.2. The number of rotatable bonds is 2. The second-order valence-corrected chi connectivity index (χ2v) is 8.70. The zero-order chi connectivity index (χ0) is 23.3. The smallest absolute Gasteiger partial charge is 0.411 e. The Kier molecular flexibility index (Phi) is 7.12. The number of benzene rings is 1. The lowest BCUT2D eigenvalue weighted by atomic mass is 9.95. The van der Waals surface area contributed by atoms with Crippen molar-refractivity contribution in [1.82, 2.24) is 4.98 Å². The van der Waals surface area contributed by atoms with Crippen LogP contribution in [-0.4, -0.2) is 35.7 Å². The van der Waals surface area contributed by atoms with Gasteiger partial charge in [-0.1, -0.05) is 12.5 Å². The number of pyridine rings is 1. The highest BCUT2D eigenvalue weighted by Crippen LogP contribution is 2.33. The van der Waals surface area contributed by atoms with Crippen LogP contribution < -0.4 is 10.6 Å². The summed E-state index contributed by atoms with van der Waals surface area (Å²) in [6.07, 6.45) is 1.56. The first-order valence-corrected chi connectivity index (χ1v) is 10.7. The van der Waals surface area contributed by atoms with Gasteiger partial charge in [0.2, 0.25) is 5.91 Å². The third-order valence-corrected chi connectivity index (χ3v) is 4.97. The van der Waals surface area contributed by atoms with Crippen molar-refractivity contribution < 1.29 is 23.9 Å². The highest BCUT2D eigenvalue weighted by atomic mass is 16.6. The quantitative estimate of drug-likeness (QED) is 0.647. The standard InChI is InChI=1S/C24H29N3O5/c1-24(2,3)32-22(29)17-8-5-6-11-21(28)27-20-14-15(25-23(30)31-4)12-13-16(20)18-9-7-10-19(17)26-18/h7,9-10,12-14,17H,5-6,8,11H2,1-4H3,(H,25,30)(H,27,28). The highest BCUT2D eigenvalue weighted by Gasteiger charge is 2.28. The van der Waals surface area contributed by atoms with Gasteiger partial charge in [0.15, 0.2) is 0 Å². The number of nitrogens with one attached hydrogen (secondary N) is 2. The summed E-state index contributed by atoms with van der Waals surface area (Å²) in [5.41, 5.74) is 2.31. The van der Waals surface area contributed by atoms with Crippen LogP contribution in [0, 0.1) is 0 Å². The molecule has 8 nitrogen and oxygen atoms in total. The van der Waals surface area contributed by atoms with Crippen molar-refractivity contribution in [3.8, 4) is 11.3 Å². The van der Waals surface area contributed by atoms with Gasteiger partial charge in [-0.3, -0.25) is 19.9 Å². The summed E-state index contributed by atoms with van der Waals surface area (Å²) in [4.78, 5) is 41.8. The van der Waals surface area contributed by atoms with Crippen molar-refractivity contribution in [3.05, 3.63) is 42.1 Å². The normalized spacial score (nSPS) is 16.5. The van der Waals surface area contributed by atoms with Crippen LogP contribution >= 0.6 is 0 Å². The van der Waals surface area contributed by atoms with Crippen molar-refractivity contribution in [1.29, 1.82) is 0 Å². The van der Waals surface area contributed by atoms with Crippen molar-refractivity contribution in [3.63, 3.8) is 0 Å². The number of fused-ring (bicyclic) bond motifs is 4. The molecule has 1 aromatic heterocycles. The molecule has 2 bridgehead atoms. The van der Waals surface area contributed by atoms with Crippen LogP contribution in [0.3, 0.4) is 0 Å². The number of carbonyl (C=O) groups excluding carboxylic acids is 3. The lowest BCUT2D eigenvalue weighted by Gasteiger charge is -2.24. The molecular weight excluding hydrogens is 410 g/mol. The predicted molar refractivity (Wildman–Crippen MR) is 121 cm³/mol. The van der Waals surface area contributed by atoms with E-state index in [1.54, 1.807) is 18.2 Å². The van der Waals surface area contributed by atoms with Crippen molar-refractivity contribution in [2.45, 2.75) is 58.0 Å². The molecule has 0 fully saturated rings.